The maximum atomic E-state index is 11.9. The van der Waals surface area contributed by atoms with Crippen LogP contribution in [0.1, 0.15) is 52.9 Å². The molecular weight excluding hydrogens is 731 g/mol. The van der Waals surface area contributed by atoms with Crippen molar-refractivity contribution in [3.8, 4) is 5.75 Å². The Hall–Kier alpha value is -1.46. The van der Waals surface area contributed by atoms with Gasteiger partial charge < -0.3 is 19.4 Å². The van der Waals surface area contributed by atoms with Crippen molar-refractivity contribution in [1.82, 2.24) is 14.8 Å². The second-order valence-electron chi connectivity index (χ2n) is 8.78. The number of rotatable bonds is 9. The van der Waals surface area contributed by atoms with Gasteiger partial charge in [-0.05, 0) is 68.5 Å². The number of aromatic nitrogens is 1. The Morgan fingerprint density at radius 2 is 1.86 bits per heavy atom. The van der Waals surface area contributed by atoms with Gasteiger partial charge in [0.15, 0.2) is 0 Å². The second-order valence-corrected chi connectivity index (χ2v) is 8.78. The van der Waals surface area contributed by atoms with E-state index in [4.69, 9.17) is 9.47 Å². The van der Waals surface area contributed by atoms with Crippen LogP contribution < -0.4 is 9.72 Å². The fourth-order valence-corrected chi connectivity index (χ4v) is 4.97. The number of benzene rings is 2. The molecule has 1 unspecified atom stereocenters. The molecule has 1 atom stereocenters. The van der Waals surface area contributed by atoms with Crippen molar-refractivity contribution in [1.29, 1.82) is 0 Å². The third-order valence-electron chi connectivity index (χ3n) is 6.82. The van der Waals surface area contributed by atoms with Gasteiger partial charge in [0.2, 0.25) is 0 Å². The molecule has 0 radical (unpaired) electrons. The molecule has 8 heteroatoms. The first kappa shape index (κ1) is 28.1. The minimum atomic E-state index is -0.305. The number of methoxy groups -OCH3 is 2. The van der Waals surface area contributed by atoms with E-state index in [9.17, 15) is 4.79 Å². The van der Waals surface area contributed by atoms with Crippen LogP contribution in [-0.4, -0.2) is 56.2 Å². The van der Waals surface area contributed by atoms with Crippen LogP contribution in [-0.2, 0) is 26.3 Å². The van der Waals surface area contributed by atoms with E-state index in [2.05, 4.69) is 72.6 Å². The van der Waals surface area contributed by atoms with Crippen molar-refractivity contribution in [2.75, 3.05) is 40.4 Å². The zero-order valence-corrected chi connectivity index (χ0v) is 25.6. The van der Waals surface area contributed by atoms with Gasteiger partial charge in [-0.3, -0.25) is 4.90 Å². The molecule has 1 saturated heterocycles. The predicted molar refractivity (Wildman–Crippen MR) is 145 cm³/mol. The Morgan fingerprint density at radius 3 is 2.46 bits per heavy atom. The number of carbonyl (C=O) groups excluding carboxylic acids is 1. The van der Waals surface area contributed by atoms with Crippen LogP contribution in [0.4, 0.5) is 0 Å². The number of aryl methyl sites for hydroxylation is 1. The number of nitrogens with zero attached hydrogens (tertiary/aromatic N) is 3. The molecule has 0 aliphatic carbocycles. The van der Waals surface area contributed by atoms with Crippen molar-refractivity contribution in [2.45, 2.75) is 39.3 Å². The van der Waals surface area contributed by atoms with Crippen LogP contribution in [0.5, 0.6) is 5.75 Å². The molecule has 0 saturated carbocycles. The Balaban J connectivity index is 0.00000167. The number of likely N-dealkylation sites (tertiary alicyclic amines) is 1. The Morgan fingerprint density at radius 1 is 1.17 bits per heavy atom. The normalized spacial score (nSPS) is 14.6. The third kappa shape index (κ3) is 6.65. The quantitative estimate of drug-likeness (QED) is 0.214. The van der Waals surface area contributed by atoms with E-state index < -0.39 is 0 Å². The van der Waals surface area contributed by atoms with Crippen molar-refractivity contribution >= 4 is 36.5 Å². The van der Waals surface area contributed by atoms with E-state index in [1.165, 1.54) is 31.1 Å². The molecule has 191 valence electrons. The van der Waals surface area contributed by atoms with Crippen molar-refractivity contribution in [3.63, 3.8) is 0 Å². The number of fused-ring (bicyclic) bond motifs is 1. The number of esters is 1. The molecule has 6 nitrogen and oxygen atoms in total. The summed E-state index contributed by atoms with van der Waals surface area (Å²) in [7, 11) is 3.16. The van der Waals surface area contributed by atoms with Gasteiger partial charge in [-0.2, -0.15) is 6.20 Å². The van der Waals surface area contributed by atoms with Crippen LogP contribution in [0.15, 0.2) is 42.6 Å². The predicted octanol–water partition coefficient (Wildman–Crippen LogP) is 5.44. The summed E-state index contributed by atoms with van der Waals surface area (Å²) in [6.45, 7) is 9.18. The Labute approximate surface area is 229 Å². The SMILES string of the molecule is CCN(Cc1c(OC)cc(C)c2[n-]ccc12)C(CN1CCCC1)c1ccc(C(=O)OC)cc1.[I][Os]. The van der Waals surface area contributed by atoms with E-state index in [0.717, 1.165) is 54.9 Å². The first-order chi connectivity index (χ1) is 17.0. The fourth-order valence-electron chi connectivity index (χ4n) is 4.97. The molecule has 0 spiro atoms. The molecule has 1 aromatic heterocycles. The molecule has 3 aromatic rings. The zero-order valence-electron chi connectivity index (χ0n) is 20.9. The number of halogens is 1. The molecule has 1 aliphatic rings. The van der Waals surface area contributed by atoms with Gasteiger partial charge in [0.1, 0.15) is 5.75 Å². The summed E-state index contributed by atoms with van der Waals surface area (Å²) in [5.74, 6) is 0.605. The van der Waals surface area contributed by atoms with E-state index in [-0.39, 0.29) is 12.0 Å². The maximum absolute atomic E-state index is 11.9. The molecule has 1 aliphatic heterocycles. The van der Waals surface area contributed by atoms with Gasteiger partial charge in [0.05, 0.1) is 19.8 Å². The van der Waals surface area contributed by atoms with Crippen LogP contribution in [0.25, 0.3) is 10.9 Å². The molecule has 0 N–H and O–H groups in total. The molecular formula is C27H34IN3O3Os-. The van der Waals surface area contributed by atoms with Crippen molar-refractivity contribution in [3.05, 3.63) is 64.8 Å². The van der Waals surface area contributed by atoms with E-state index in [1.54, 1.807) is 7.11 Å². The van der Waals surface area contributed by atoms with E-state index in [0.29, 0.717) is 5.56 Å². The number of hydrogen-bond acceptors (Lipinski definition) is 5. The molecule has 1 fully saturated rings. The average Bonchev–Trinajstić information content (AvgIpc) is 3.61. The standard InChI is InChI=1S/C27H34N3O3.HI.Os/c1-5-30(17-23-22-12-13-28-26(22)19(2)16-25(23)32-3)24(18-29-14-6-7-15-29)20-8-10-21(11-9-20)27(31)33-4;;/h8-13,16,24H,5-7,14-15,17-18H2,1-4H3;1H;/q-1;;+1/p-1. The average molecular weight is 766 g/mol. The van der Waals surface area contributed by atoms with Gasteiger partial charge in [-0.25, -0.2) is 4.79 Å². The molecule has 0 amide bonds. The molecule has 2 aromatic carbocycles. The summed E-state index contributed by atoms with van der Waals surface area (Å²) in [4.78, 5) is 21.6. The molecule has 4 rings (SSSR count). The number of carbonyl (C=O) groups is 1. The number of ether oxygens (including phenoxy) is 2. The van der Waals surface area contributed by atoms with Crippen molar-refractivity contribution in [2.24, 2.45) is 0 Å². The van der Waals surface area contributed by atoms with Crippen LogP contribution in [0.2, 0.25) is 0 Å². The first-order valence-corrected chi connectivity index (χ1v) is 19.1. The summed E-state index contributed by atoms with van der Waals surface area (Å²) < 4.78 is 10.7. The topological polar surface area (TPSA) is 56.1 Å². The molecule has 35 heavy (non-hydrogen) atoms. The summed E-state index contributed by atoms with van der Waals surface area (Å²) >= 11 is 4.01. The van der Waals surface area contributed by atoms with Gasteiger partial charge in [-0.15, -0.1) is 5.52 Å². The Kier molecular flexibility index (Phi) is 11.0. The van der Waals surface area contributed by atoms with Crippen LogP contribution >= 0.6 is 19.7 Å². The van der Waals surface area contributed by atoms with E-state index >= 15 is 0 Å². The second kappa shape index (κ2) is 13.7. The fraction of sp³-hybridized carbons (Fsp3) is 0.444. The third-order valence-corrected chi connectivity index (χ3v) is 6.82. The summed E-state index contributed by atoms with van der Waals surface area (Å²) in [6.07, 6.45) is 4.39. The van der Waals surface area contributed by atoms with Crippen LogP contribution in [0, 0.1) is 6.92 Å². The minimum absolute atomic E-state index is 0.198. The Bertz CT molecular complexity index is 1100. The van der Waals surface area contributed by atoms with Gasteiger partial charge in [0.25, 0.3) is 0 Å². The summed E-state index contributed by atoms with van der Waals surface area (Å²) in [5, 5.41) is 1.16. The molecule has 2 heterocycles. The first-order valence-electron chi connectivity index (χ1n) is 11.9. The molecule has 0 bridgehead atoms. The van der Waals surface area contributed by atoms with Crippen LogP contribution in [0.3, 0.4) is 0 Å². The summed E-state index contributed by atoms with van der Waals surface area (Å²) in [6, 6.07) is 12.3. The van der Waals surface area contributed by atoms with Gasteiger partial charge in [-0.1, -0.05) is 30.7 Å². The monoisotopic (exact) mass is 767 g/mol. The zero-order chi connectivity index (χ0) is 25.4. The van der Waals surface area contributed by atoms with Gasteiger partial charge in [0, 0.05) is 24.7 Å². The van der Waals surface area contributed by atoms with Crippen molar-refractivity contribution < 1.29 is 29.3 Å². The van der Waals surface area contributed by atoms with Gasteiger partial charge >= 0.3 is 40.7 Å². The van der Waals surface area contributed by atoms with E-state index in [1.807, 2.05) is 33.4 Å². The number of likely N-dealkylation sites (N-methyl/N-ethyl adjacent to an activating group) is 1. The summed E-state index contributed by atoms with van der Waals surface area (Å²) in [5.41, 5.74) is 5.13. The number of hydrogen-bond donors (Lipinski definition) is 0.